The highest BCUT2D eigenvalue weighted by molar-refractivity contribution is 5.84. The predicted octanol–water partition coefficient (Wildman–Crippen LogP) is 6.06. The summed E-state index contributed by atoms with van der Waals surface area (Å²) in [6.07, 6.45) is 14.7. The Morgan fingerprint density at radius 2 is 1.62 bits per heavy atom. The molecule has 210 valence electrons. The lowest BCUT2D eigenvalue weighted by Crippen LogP contribution is -2.39. The summed E-state index contributed by atoms with van der Waals surface area (Å²) in [6.45, 7) is 1.99. The van der Waals surface area contributed by atoms with Crippen molar-refractivity contribution in [1.29, 1.82) is 0 Å². The number of piperidine rings is 1. The molecule has 1 saturated heterocycles. The Kier molecular flexibility index (Phi) is 7.29. The number of hydrogen-bond acceptors (Lipinski definition) is 7. The number of hydrazine groups is 1. The zero-order valence-corrected chi connectivity index (χ0v) is 23.4. The van der Waals surface area contributed by atoms with Gasteiger partial charge in [0, 0.05) is 31.2 Å². The Bertz CT molecular complexity index is 1440. The number of hydrogen-bond donors (Lipinski definition) is 3. The van der Waals surface area contributed by atoms with Crippen LogP contribution in [-0.4, -0.2) is 49.7 Å². The van der Waals surface area contributed by atoms with Gasteiger partial charge >= 0.3 is 0 Å². The van der Waals surface area contributed by atoms with E-state index in [9.17, 15) is 0 Å². The molecule has 2 aromatic heterocycles. The Morgan fingerprint density at radius 3 is 2.42 bits per heavy atom. The van der Waals surface area contributed by atoms with Crippen LogP contribution in [0.15, 0.2) is 48.8 Å². The fraction of sp³-hybridized carbons (Fsp3) is 0.531. The predicted molar refractivity (Wildman–Crippen MR) is 162 cm³/mol. The minimum absolute atomic E-state index is 0.326. The SMILES string of the molecule is NC1CCC(Nc2nc(NN3CCC(Cc4ccc5ccccc5c4)CC3)c3ncn(C4CCCC4)c3n2)CC1. The molecule has 3 fully saturated rings. The molecule has 0 unspecified atom stereocenters. The molecule has 4 N–H and O–H groups in total. The molecule has 4 aromatic rings. The molecule has 2 aliphatic carbocycles. The number of imidazole rings is 1. The second-order valence-corrected chi connectivity index (χ2v) is 12.3. The summed E-state index contributed by atoms with van der Waals surface area (Å²) < 4.78 is 2.30. The topological polar surface area (TPSA) is 96.9 Å². The van der Waals surface area contributed by atoms with Crippen molar-refractivity contribution in [2.45, 2.75) is 88.8 Å². The van der Waals surface area contributed by atoms with Gasteiger partial charge in [-0.05, 0) is 80.0 Å². The summed E-state index contributed by atoms with van der Waals surface area (Å²) in [5.41, 5.74) is 13.1. The number of fused-ring (bicyclic) bond motifs is 2. The Morgan fingerprint density at radius 1 is 0.850 bits per heavy atom. The maximum absolute atomic E-state index is 6.16. The third kappa shape index (κ3) is 5.52. The lowest BCUT2D eigenvalue weighted by atomic mass is 9.90. The molecule has 1 aliphatic heterocycles. The standard InChI is InChI=1S/C32H42N8/c33-26-11-13-27(14-12-26)35-32-36-30(29-31(37-32)40(21-34-29)28-7-3-4-8-28)38-39-17-15-22(16-18-39)19-23-9-10-24-5-1-2-6-25(24)20-23/h1-2,5-6,9-10,20-22,26-28H,3-4,7-8,11-19,33H2,(H2,35,36,37,38). The summed E-state index contributed by atoms with van der Waals surface area (Å²) in [7, 11) is 0. The second-order valence-electron chi connectivity index (χ2n) is 12.3. The molecule has 40 heavy (non-hydrogen) atoms. The van der Waals surface area contributed by atoms with Gasteiger partial charge in [0.1, 0.15) is 0 Å². The molecule has 2 aromatic carbocycles. The minimum atomic E-state index is 0.326. The average Bonchev–Trinajstić information content (AvgIpc) is 3.66. The molecule has 2 saturated carbocycles. The minimum Gasteiger partial charge on any atom is -0.351 e. The van der Waals surface area contributed by atoms with Gasteiger partial charge in [0.2, 0.25) is 5.95 Å². The van der Waals surface area contributed by atoms with Crippen LogP contribution in [0, 0.1) is 5.92 Å². The zero-order chi connectivity index (χ0) is 26.9. The summed E-state index contributed by atoms with van der Waals surface area (Å²) in [5.74, 6) is 2.23. The molecule has 0 amide bonds. The summed E-state index contributed by atoms with van der Waals surface area (Å²) in [5, 5.41) is 8.63. The van der Waals surface area contributed by atoms with E-state index in [-0.39, 0.29) is 0 Å². The van der Waals surface area contributed by atoms with Crippen LogP contribution in [0.2, 0.25) is 0 Å². The van der Waals surface area contributed by atoms with Crippen molar-refractivity contribution in [3.05, 3.63) is 54.4 Å². The Balaban J connectivity index is 1.06. The largest absolute Gasteiger partial charge is 0.351 e. The quantitative estimate of drug-likeness (QED) is 0.263. The van der Waals surface area contributed by atoms with Crippen molar-refractivity contribution < 1.29 is 0 Å². The van der Waals surface area contributed by atoms with Crippen molar-refractivity contribution in [2.24, 2.45) is 11.7 Å². The average molecular weight is 539 g/mol. The van der Waals surface area contributed by atoms with Gasteiger partial charge in [-0.15, -0.1) is 0 Å². The van der Waals surface area contributed by atoms with E-state index in [1.54, 1.807) is 0 Å². The maximum Gasteiger partial charge on any atom is 0.227 e. The molecule has 7 rings (SSSR count). The molecule has 8 heteroatoms. The maximum atomic E-state index is 6.16. The molecular formula is C32H42N8. The van der Waals surface area contributed by atoms with Gasteiger partial charge in [-0.1, -0.05) is 55.3 Å². The normalized spacial score (nSPS) is 23.2. The zero-order valence-electron chi connectivity index (χ0n) is 23.4. The first-order valence-electron chi connectivity index (χ1n) is 15.4. The van der Waals surface area contributed by atoms with Gasteiger partial charge in [-0.25, -0.2) is 9.99 Å². The van der Waals surface area contributed by atoms with E-state index in [0.29, 0.717) is 30.0 Å². The van der Waals surface area contributed by atoms with E-state index in [4.69, 9.17) is 20.7 Å². The number of anilines is 2. The van der Waals surface area contributed by atoms with Crippen molar-refractivity contribution in [3.63, 3.8) is 0 Å². The molecule has 3 aliphatic rings. The highest BCUT2D eigenvalue weighted by atomic mass is 15.5. The van der Waals surface area contributed by atoms with Gasteiger partial charge in [0.15, 0.2) is 17.0 Å². The molecule has 0 bridgehead atoms. The third-order valence-electron chi connectivity index (χ3n) is 9.46. The van der Waals surface area contributed by atoms with E-state index in [1.165, 1.54) is 42.0 Å². The van der Waals surface area contributed by atoms with Crippen LogP contribution in [0.1, 0.15) is 75.8 Å². The highest BCUT2D eigenvalue weighted by Crippen LogP contribution is 2.34. The van der Waals surface area contributed by atoms with Crippen LogP contribution in [0.3, 0.4) is 0 Å². The number of nitrogens with two attached hydrogens (primary N) is 1. The third-order valence-corrected chi connectivity index (χ3v) is 9.46. The number of nitrogens with zero attached hydrogens (tertiary/aromatic N) is 5. The van der Waals surface area contributed by atoms with Gasteiger partial charge in [-0.3, -0.25) is 0 Å². The fourth-order valence-electron chi connectivity index (χ4n) is 7.05. The molecule has 0 spiro atoms. The smallest absolute Gasteiger partial charge is 0.227 e. The number of rotatable bonds is 7. The van der Waals surface area contributed by atoms with E-state index >= 15 is 0 Å². The van der Waals surface area contributed by atoms with Crippen molar-refractivity contribution in [2.75, 3.05) is 23.8 Å². The molecule has 0 radical (unpaired) electrons. The van der Waals surface area contributed by atoms with Crippen LogP contribution >= 0.6 is 0 Å². The number of aromatic nitrogens is 4. The molecule has 3 heterocycles. The lowest BCUT2D eigenvalue weighted by molar-refractivity contribution is 0.216. The first-order chi connectivity index (χ1) is 19.7. The molecule has 0 atom stereocenters. The molecule has 8 nitrogen and oxygen atoms in total. The van der Waals surface area contributed by atoms with Crippen LogP contribution in [0.4, 0.5) is 11.8 Å². The monoisotopic (exact) mass is 538 g/mol. The summed E-state index contributed by atoms with van der Waals surface area (Å²) in [4.78, 5) is 14.8. The first kappa shape index (κ1) is 25.7. The van der Waals surface area contributed by atoms with Crippen LogP contribution in [0.25, 0.3) is 21.9 Å². The van der Waals surface area contributed by atoms with Gasteiger partial charge in [0.25, 0.3) is 0 Å². The van der Waals surface area contributed by atoms with E-state index in [2.05, 4.69) is 62.8 Å². The van der Waals surface area contributed by atoms with Crippen molar-refractivity contribution >= 4 is 33.7 Å². The van der Waals surface area contributed by atoms with E-state index in [1.807, 2.05) is 6.33 Å². The highest BCUT2D eigenvalue weighted by Gasteiger charge is 2.26. The Labute approximate surface area is 236 Å². The Hall–Kier alpha value is -3.23. The number of nitrogens with one attached hydrogen (secondary N) is 2. The van der Waals surface area contributed by atoms with Gasteiger partial charge < -0.3 is 21.0 Å². The lowest BCUT2D eigenvalue weighted by Gasteiger charge is -2.32. The van der Waals surface area contributed by atoms with Crippen LogP contribution < -0.4 is 16.5 Å². The van der Waals surface area contributed by atoms with Gasteiger partial charge in [0.05, 0.1) is 6.33 Å². The summed E-state index contributed by atoms with van der Waals surface area (Å²) in [6, 6.07) is 16.8. The van der Waals surface area contributed by atoms with Crippen molar-refractivity contribution in [1.82, 2.24) is 24.5 Å². The van der Waals surface area contributed by atoms with Crippen LogP contribution in [0.5, 0.6) is 0 Å². The second kappa shape index (κ2) is 11.3. The first-order valence-corrected chi connectivity index (χ1v) is 15.4. The van der Waals surface area contributed by atoms with Crippen molar-refractivity contribution in [3.8, 4) is 0 Å². The summed E-state index contributed by atoms with van der Waals surface area (Å²) >= 11 is 0. The molecular weight excluding hydrogens is 496 g/mol. The fourth-order valence-corrected chi connectivity index (χ4v) is 7.05. The van der Waals surface area contributed by atoms with E-state index in [0.717, 1.165) is 75.0 Å². The number of benzene rings is 2. The van der Waals surface area contributed by atoms with Gasteiger partial charge in [-0.2, -0.15) is 9.97 Å². The van der Waals surface area contributed by atoms with Crippen LogP contribution in [-0.2, 0) is 6.42 Å². The van der Waals surface area contributed by atoms with E-state index < -0.39 is 0 Å².